The maximum atomic E-state index is 12.6. The molecule has 0 bridgehead atoms. The molecule has 2 amide bonds. The van der Waals surface area contributed by atoms with Gasteiger partial charge in [-0.25, -0.2) is 0 Å². The lowest BCUT2D eigenvalue weighted by Crippen LogP contribution is -2.45. The lowest BCUT2D eigenvalue weighted by atomic mass is 10.2. The smallest absolute Gasteiger partial charge is 0.298 e. The Morgan fingerprint density at radius 1 is 0.792 bits per heavy atom. The molecular weight excluding hydrogens is 304 g/mol. The molecule has 0 spiro atoms. The Bertz CT molecular complexity index is 616. The van der Waals surface area contributed by atoms with Crippen molar-refractivity contribution in [1.82, 2.24) is 9.80 Å². The molecule has 5 heteroatoms. The first kappa shape index (κ1) is 17.7. The summed E-state index contributed by atoms with van der Waals surface area (Å²) >= 11 is 0. The van der Waals surface area contributed by atoms with Crippen LogP contribution in [0.5, 0.6) is 0 Å². The van der Waals surface area contributed by atoms with Crippen LogP contribution in [0.15, 0.2) is 60.7 Å². The summed E-state index contributed by atoms with van der Waals surface area (Å²) in [5, 5.41) is 0. The number of amides is 2. The Balaban J connectivity index is 2.21. The summed E-state index contributed by atoms with van der Waals surface area (Å²) in [6, 6.07) is 17.7. The largest absolute Gasteiger partial charge is 0.333 e. The van der Waals surface area contributed by atoms with E-state index in [1.165, 1.54) is 9.80 Å². The van der Waals surface area contributed by atoms with Gasteiger partial charge in [-0.05, 0) is 31.2 Å². The van der Waals surface area contributed by atoms with Crippen LogP contribution in [0, 0.1) is 6.35 Å². The third kappa shape index (κ3) is 4.00. The Morgan fingerprint density at radius 2 is 1.17 bits per heavy atom. The number of hydrogen-bond donors (Lipinski definition) is 0. The van der Waals surface area contributed by atoms with Crippen LogP contribution in [-0.2, 0) is 4.74 Å². The van der Waals surface area contributed by atoms with Crippen LogP contribution < -0.4 is 0 Å². The Morgan fingerprint density at radius 3 is 1.50 bits per heavy atom. The number of benzene rings is 2. The molecule has 0 fully saturated rings. The number of rotatable bonds is 6. The third-order valence-electron chi connectivity index (χ3n) is 3.50. The summed E-state index contributed by atoms with van der Waals surface area (Å²) in [5.74, 6) is -0.487. The van der Waals surface area contributed by atoms with Crippen LogP contribution in [-0.4, -0.2) is 42.3 Å². The molecule has 1 radical (unpaired) electrons. The number of nitrogens with zero attached hydrogens (tertiary/aromatic N) is 2. The van der Waals surface area contributed by atoms with Gasteiger partial charge < -0.3 is 4.74 Å². The number of carbonyl (C=O) groups excluding carboxylic acids is 2. The molecule has 2 aromatic carbocycles. The van der Waals surface area contributed by atoms with Crippen molar-refractivity contribution in [3.05, 3.63) is 78.1 Å². The normalized spacial score (nSPS) is 10.5. The van der Waals surface area contributed by atoms with E-state index in [2.05, 4.69) is 0 Å². The van der Waals surface area contributed by atoms with Crippen LogP contribution in [0.4, 0.5) is 0 Å². The summed E-state index contributed by atoms with van der Waals surface area (Å²) in [6.45, 7) is 2.15. The van der Waals surface area contributed by atoms with Gasteiger partial charge in [0, 0.05) is 31.8 Å². The lowest BCUT2D eigenvalue weighted by molar-refractivity contribution is -0.0166. The highest BCUT2D eigenvalue weighted by Crippen LogP contribution is 2.19. The average Bonchev–Trinajstić information content (AvgIpc) is 2.65. The van der Waals surface area contributed by atoms with Gasteiger partial charge in [0.25, 0.3) is 18.2 Å². The molecule has 0 atom stereocenters. The van der Waals surface area contributed by atoms with Crippen molar-refractivity contribution >= 4 is 11.8 Å². The number of carbonyl (C=O) groups is 2. The monoisotopic (exact) mass is 325 g/mol. The molecule has 0 aliphatic rings. The zero-order valence-electron chi connectivity index (χ0n) is 14.1. The fraction of sp³-hybridized carbons (Fsp3) is 0.211. The Hall–Kier alpha value is -2.66. The molecule has 24 heavy (non-hydrogen) atoms. The van der Waals surface area contributed by atoms with Crippen molar-refractivity contribution in [3.63, 3.8) is 0 Å². The van der Waals surface area contributed by atoms with E-state index in [1.54, 1.807) is 62.6 Å². The van der Waals surface area contributed by atoms with Crippen LogP contribution in [0.3, 0.4) is 0 Å². The molecule has 0 unspecified atom stereocenters. The molecule has 125 valence electrons. The second-order valence-corrected chi connectivity index (χ2v) is 5.18. The summed E-state index contributed by atoms with van der Waals surface area (Å²) in [5.41, 5.74) is 1.05. The molecule has 0 N–H and O–H groups in total. The van der Waals surface area contributed by atoms with Gasteiger partial charge >= 0.3 is 0 Å². The highest BCUT2D eigenvalue weighted by Gasteiger charge is 2.31. The minimum absolute atomic E-state index is 0.195. The lowest BCUT2D eigenvalue weighted by Gasteiger charge is -2.32. The highest BCUT2D eigenvalue weighted by molar-refractivity contribution is 5.97. The standard InChI is InChI=1S/C19H21N2O3/c1-4-24-19(20(2)17(22)15-11-7-5-8-12-15)21(3)18(23)16-13-9-6-10-14-16/h5-14H,4H2,1-3H3. The zero-order valence-corrected chi connectivity index (χ0v) is 14.1. The van der Waals surface area contributed by atoms with E-state index in [9.17, 15) is 9.59 Å². The van der Waals surface area contributed by atoms with Crippen molar-refractivity contribution in [3.8, 4) is 0 Å². The fourth-order valence-corrected chi connectivity index (χ4v) is 2.27. The van der Waals surface area contributed by atoms with Gasteiger partial charge in [-0.2, -0.15) is 0 Å². The number of hydrogen-bond acceptors (Lipinski definition) is 3. The van der Waals surface area contributed by atoms with Crippen molar-refractivity contribution < 1.29 is 14.3 Å². The van der Waals surface area contributed by atoms with E-state index in [0.29, 0.717) is 17.7 Å². The van der Waals surface area contributed by atoms with E-state index >= 15 is 0 Å². The summed E-state index contributed by atoms with van der Waals surface area (Å²) in [7, 11) is 3.18. The van der Waals surface area contributed by atoms with Crippen molar-refractivity contribution in [2.24, 2.45) is 0 Å². The Labute approximate surface area is 142 Å². The molecule has 5 nitrogen and oxygen atoms in total. The zero-order chi connectivity index (χ0) is 17.5. The van der Waals surface area contributed by atoms with Crippen molar-refractivity contribution in [2.75, 3.05) is 20.7 Å². The first-order valence-corrected chi connectivity index (χ1v) is 7.72. The van der Waals surface area contributed by atoms with Crippen LogP contribution in [0.1, 0.15) is 27.6 Å². The average molecular weight is 325 g/mol. The molecular formula is C19H21N2O3. The van der Waals surface area contributed by atoms with E-state index in [-0.39, 0.29) is 18.2 Å². The predicted octanol–water partition coefficient (Wildman–Crippen LogP) is 3.01. The minimum atomic E-state index is -0.244. The summed E-state index contributed by atoms with van der Waals surface area (Å²) < 4.78 is 5.58. The maximum absolute atomic E-state index is 12.6. The molecule has 0 heterocycles. The predicted molar refractivity (Wildman–Crippen MR) is 91.9 cm³/mol. The van der Waals surface area contributed by atoms with Crippen molar-refractivity contribution in [2.45, 2.75) is 6.92 Å². The quantitative estimate of drug-likeness (QED) is 0.820. The Kier molecular flexibility index (Phi) is 6.09. The first-order chi connectivity index (χ1) is 11.6. The first-order valence-electron chi connectivity index (χ1n) is 7.72. The maximum Gasteiger partial charge on any atom is 0.298 e. The van der Waals surface area contributed by atoms with Gasteiger partial charge in [-0.3, -0.25) is 19.4 Å². The molecule has 0 aliphatic carbocycles. The fourth-order valence-electron chi connectivity index (χ4n) is 2.27. The summed E-state index contributed by atoms with van der Waals surface area (Å²) in [4.78, 5) is 27.9. The van der Waals surface area contributed by atoms with Gasteiger partial charge in [-0.1, -0.05) is 36.4 Å². The van der Waals surface area contributed by atoms with Crippen molar-refractivity contribution in [1.29, 1.82) is 0 Å². The van der Waals surface area contributed by atoms with E-state index in [4.69, 9.17) is 4.74 Å². The second kappa shape index (κ2) is 8.26. The number of ether oxygens (including phenoxy) is 1. The third-order valence-corrected chi connectivity index (χ3v) is 3.50. The SMILES string of the molecule is CCO[C](N(C)C(=O)c1ccccc1)N(C)C(=O)c1ccccc1. The van der Waals surface area contributed by atoms with Gasteiger partial charge in [0.2, 0.25) is 0 Å². The van der Waals surface area contributed by atoms with Gasteiger partial charge in [-0.15, -0.1) is 0 Å². The molecule has 2 rings (SSSR count). The molecule has 0 saturated heterocycles. The van der Waals surface area contributed by atoms with Gasteiger partial charge in [0.05, 0.1) is 0 Å². The molecule has 2 aromatic rings. The molecule has 0 saturated carbocycles. The topological polar surface area (TPSA) is 49.9 Å². The van der Waals surface area contributed by atoms with Crippen LogP contribution in [0.25, 0.3) is 0 Å². The van der Waals surface area contributed by atoms with Crippen LogP contribution >= 0.6 is 0 Å². The molecule has 0 aliphatic heterocycles. The van der Waals surface area contributed by atoms with Gasteiger partial charge in [0.15, 0.2) is 0 Å². The minimum Gasteiger partial charge on any atom is -0.333 e. The van der Waals surface area contributed by atoms with Crippen LogP contribution in [0.2, 0.25) is 0 Å². The summed E-state index contributed by atoms with van der Waals surface area (Å²) in [6.07, 6.45) is 0.195. The van der Waals surface area contributed by atoms with Gasteiger partial charge in [0.1, 0.15) is 0 Å². The van der Waals surface area contributed by atoms with E-state index < -0.39 is 0 Å². The van der Waals surface area contributed by atoms with E-state index in [0.717, 1.165) is 0 Å². The molecule has 0 aromatic heterocycles. The highest BCUT2D eigenvalue weighted by atomic mass is 16.5. The van der Waals surface area contributed by atoms with E-state index in [1.807, 2.05) is 19.1 Å². The second-order valence-electron chi connectivity index (χ2n) is 5.18.